The third-order valence-electron chi connectivity index (χ3n) is 3.08. The van der Waals surface area contributed by atoms with Gasteiger partial charge in [-0.2, -0.15) is 0 Å². The first-order chi connectivity index (χ1) is 8.59. The molecule has 0 spiro atoms. The molecule has 1 N–H and O–H groups in total. The van der Waals surface area contributed by atoms with Crippen LogP contribution in [0.2, 0.25) is 0 Å². The number of hydrogen-bond donors (Lipinski definition) is 1. The van der Waals surface area contributed by atoms with Gasteiger partial charge >= 0.3 is 0 Å². The summed E-state index contributed by atoms with van der Waals surface area (Å²) in [5.74, 6) is -2.12. The van der Waals surface area contributed by atoms with E-state index in [2.05, 4.69) is 5.32 Å². The van der Waals surface area contributed by atoms with E-state index in [4.69, 9.17) is 0 Å². The lowest BCUT2D eigenvalue weighted by atomic mass is 10.1. The van der Waals surface area contributed by atoms with Crippen LogP contribution in [0.25, 0.3) is 0 Å². The van der Waals surface area contributed by atoms with Gasteiger partial charge in [-0.15, -0.1) is 0 Å². The zero-order chi connectivity index (χ0) is 12.9. The fraction of sp³-hybridized carbons (Fsp3) is 0.167. The number of nitrogens with one attached hydrogen (secondary N) is 1. The number of fused-ring (bicyclic) bond motifs is 1. The molecule has 1 aromatic rings. The molecule has 0 bridgehead atoms. The zero-order valence-corrected chi connectivity index (χ0v) is 9.17. The van der Waals surface area contributed by atoms with Gasteiger partial charge in [-0.1, -0.05) is 12.1 Å². The Morgan fingerprint density at radius 1 is 1.00 bits per heavy atom. The number of carbonyl (C=O) groups is 4. The Kier molecular flexibility index (Phi) is 2.07. The standard InChI is InChI=1S/C12H8N2O4/c15-9-5-8(10(16)13-9)14-11(17)6-3-1-2-4-7(6)12(14)18/h1-4,8H,5H2,(H,13,15,16)/t8-/m1/s1. The first-order valence-corrected chi connectivity index (χ1v) is 5.40. The first-order valence-electron chi connectivity index (χ1n) is 5.40. The molecule has 0 radical (unpaired) electrons. The number of nitrogens with zero attached hydrogens (tertiary/aromatic N) is 1. The molecule has 3 rings (SSSR count). The van der Waals surface area contributed by atoms with Gasteiger partial charge in [0, 0.05) is 0 Å². The summed E-state index contributed by atoms with van der Waals surface area (Å²) in [6.45, 7) is 0. The molecular formula is C12H8N2O4. The molecule has 0 aromatic heterocycles. The van der Waals surface area contributed by atoms with Gasteiger partial charge in [0.15, 0.2) is 0 Å². The third-order valence-corrected chi connectivity index (χ3v) is 3.08. The Morgan fingerprint density at radius 3 is 2.00 bits per heavy atom. The summed E-state index contributed by atoms with van der Waals surface area (Å²) in [4.78, 5) is 47.6. The molecule has 1 fully saturated rings. The van der Waals surface area contributed by atoms with Gasteiger partial charge in [0.25, 0.3) is 11.8 Å². The SMILES string of the molecule is O=C1C[C@@H](N2C(=O)c3ccccc3C2=O)C(=O)N1. The second-order valence-electron chi connectivity index (χ2n) is 4.16. The predicted molar refractivity (Wildman–Crippen MR) is 58.5 cm³/mol. The Balaban J connectivity index is 2.02. The summed E-state index contributed by atoms with van der Waals surface area (Å²) in [7, 11) is 0. The number of benzene rings is 1. The maximum Gasteiger partial charge on any atom is 0.262 e. The van der Waals surface area contributed by atoms with Crippen molar-refractivity contribution in [1.29, 1.82) is 0 Å². The van der Waals surface area contributed by atoms with Crippen LogP contribution in [0.15, 0.2) is 24.3 Å². The van der Waals surface area contributed by atoms with E-state index in [9.17, 15) is 19.2 Å². The minimum absolute atomic E-state index is 0.162. The fourth-order valence-electron chi connectivity index (χ4n) is 2.24. The Morgan fingerprint density at radius 2 is 1.56 bits per heavy atom. The van der Waals surface area contributed by atoms with E-state index in [1.807, 2.05) is 0 Å². The lowest BCUT2D eigenvalue weighted by Crippen LogP contribution is -2.44. The number of hydrogen-bond acceptors (Lipinski definition) is 4. The Bertz CT molecular complexity index is 573. The highest BCUT2D eigenvalue weighted by atomic mass is 16.2. The largest absolute Gasteiger partial charge is 0.295 e. The number of imide groups is 2. The quantitative estimate of drug-likeness (QED) is 0.687. The van der Waals surface area contributed by atoms with Crippen molar-refractivity contribution in [2.24, 2.45) is 0 Å². The second kappa shape index (κ2) is 3.49. The van der Waals surface area contributed by atoms with Crippen molar-refractivity contribution in [1.82, 2.24) is 10.2 Å². The van der Waals surface area contributed by atoms with Crippen molar-refractivity contribution in [3.63, 3.8) is 0 Å². The van der Waals surface area contributed by atoms with Crippen LogP contribution in [0.1, 0.15) is 27.1 Å². The highest BCUT2D eigenvalue weighted by Crippen LogP contribution is 2.26. The van der Waals surface area contributed by atoms with Crippen LogP contribution < -0.4 is 5.32 Å². The van der Waals surface area contributed by atoms with Crippen LogP contribution in [-0.4, -0.2) is 34.6 Å². The van der Waals surface area contributed by atoms with Crippen LogP contribution in [0, 0.1) is 0 Å². The van der Waals surface area contributed by atoms with Crippen molar-refractivity contribution >= 4 is 23.6 Å². The van der Waals surface area contributed by atoms with Crippen LogP contribution in [-0.2, 0) is 9.59 Å². The molecule has 0 aliphatic carbocycles. The molecule has 4 amide bonds. The molecular weight excluding hydrogens is 236 g/mol. The number of rotatable bonds is 1. The van der Waals surface area contributed by atoms with E-state index in [1.165, 1.54) is 12.1 Å². The molecule has 0 unspecified atom stereocenters. The van der Waals surface area contributed by atoms with E-state index >= 15 is 0 Å². The molecule has 18 heavy (non-hydrogen) atoms. The molecule has 2 aliphatic rings. The van der Waals surface area contributed by atoms with Gasteiger partial charge in [0.05, 0.1) is 17.5 Å². The predicted octanol–water partition coefficient (Wildman–Crippen LogP) is -0.302. The van der Waals surface area contributed by atoms with Crippen molar-refractivity contribution in [2.75, 3.05) is 0 Å². The van der Waals surface area contributed by atoms with Crippen molar-refractivity contribution in [2.45, 2.75) is 12.5 Å². The Labute approximate surface area is 102 Å². The minimum Gasteiger partial charge on any atom is -0.295 e. The molecule has 6 heteroatoms. The molecule has 0 saturated carbocycles. The zero-order valence-electron chi connectivity index (χ0n) is 9.17. The number of carbonyl (C=O) groups excluding carboxylic acids is 4. The normalized spacial score (nSPS) is 22.4. The van der Waals surface area contributed by atoms with Crippen LogP contribution >= 0.6 is 0 Å². The Hall–Kier alpha value is -2.50. The molecule has 1 saturated heterocycles. The van der Waals surface area contributed by atoms with Crippen molar-refractivity contribution in [3.8, 4) is 0 Å². The summed E-state index contributed by atoms with van der Waals surface area (Å²) in [5.41, 5.74) is 0.546. The van der Waals surface area contributed by atoms with Gasteiger partial charge in [0.1, 0.15) is 6.04 Å². The minimum atomic E-state index is -1.02. The summed E-state index contributed by atoms with van der Waals surface area (Å²) in [6, 6.07) is 5.33. The molecule has 2 aliphatic heterocycles. The van der Waals surface area contributed by atoms with Gasteiger partial charge in [-0.05, 0) is 12.1 Å². The molecule has 1 atom stereocenters. The van der Waals surface area contributed by atoms with Crippen LogP contribution in [0.3, 0.4) is 0 Å². The summed E-state index contributed by atoms with van der Waals surface area (Å²) in [6.07, 6.45) is -0.162. The van der Waals surface area contributed by atoms with E-state index < -0.39 is 29.7 Å². The maximum absolute atomic E-state index is 12.1. The van der Waals surface area contributed by atoms with Crippen LogP contribution in [0.5, 0.6) is 0 Å². The molecule has 6 nitrogen and oxygen atoms in total. The topological polar surface area (TPSA) is 83.6 Å². The van der Waals surface area contributed by atoms with E-state index in [0.29, 0.717) is 0 Å². The van der Waals surface area contributed by atoms with Crippen LogP contribution in [0.4, 0.5) is 0 Å². The van der Waals surface area contributed by atoms with E-state index in [-0.39, 0.29) is 17.5 Å². The average molecular weight is 244 g/mol. The van der Waals surface area contributed by atoms with E-state index in [1.54, 1.807) is 12.1 Å². The second-order valence-corrected chi connectivity index (χ2v) is 4.16. The van der Waals surface area contributed by atoms with Gasteiger partial charge in [0.2, 0.25) is 11.8 Å². The lowest BCUT2D eigenvalue weighted by molar-refractivity contribution is -0.125. The molecule has 1 aromatic carbocycles. The summed E-state index contributed by atoms with van der Waals surface area (Å²) >= 11 is 0. The number of amides is 4. The van der Waals surface area contributed by atoms with Gasteiger partial charge in [-0.25, -0.2) is 0 Å². The van der Waals surface area contributed by atoms with Crippen molar-refractivity contribution in [3.05, 3.63) is 35.4 Å². The monoisotopic (exact) mass is 244 g/mol. The highest BCUT2D eigenvalue weighted by molar-refractivity contribution is 6.24. The smallest absolute Gasteiger partial charge is 0.262 e. The highest BCUT2D eigenvalue weighted by Gasteiger charge is 2.46. The average Bonchev–Trinajstić information content (AvgIpc) is 2.79. The molecule has 2 heterocycles. The maximum atomic E-state index is 12.1. The third kappa shape index (κ3) is 1.29. The lowest BCUT2D eigenvalue weighted by Gasteiger charge is -2.18. The molecule has 90 valence electrons. The fourth-order valence-corrected chi connectivity index (χ4v) is 2.24. The summed E-state index contributed by atoms with van der Waals surface area (Å²) in [5, 5.41) is 2.09. The van der Waals surface area contributed by atoms with E-state index in [0.717, 1.165) is 4.90 Å². The van der Waals surface area contributed by atoms with Gasteiger partial charge in [-0.3, -0.25) is 29.4 Å². The van der Waals surface area contributed by atoms with Gasteiger partial charge < -0.3 is 0 Å². The van der Waals surface area contributed by atoms with Crippen molar-refractivity contribution < 1.29 is 19.2 Å². The first kappa shape index (κ1) is 10.6. The summed E-state index contributed by atoms with van der Waals surface area (Å²) < 4.78 is 0.